The molecule has 2 aromatic heterocycles. The average Bonchev–Trinajstić information content (AvgIpc) is 3.03. The molecule has 3 nitrogen and oxygen atoms in total. The van der Waals surface area contributed by atoms with Crippen molar-refractivity contribution in [3.05, 3.63) is 52.0 Å². The number of benzene rings is 1. The number of fused-ring (bicyclic) bond motifs is 1. The molecule has 0 amide bonds. The van der Waals surface area contributed by atoms with Crippen molar-refractivity contribution in [1.29, 1.82) is 0 Å². The van der Waals surface area contributed by atoms with Gasteiger partial charge in [-0.25, -0.2) is 4.98 Å². The smallest absolute Gasteiger partial charge is 0.119 e. The summed E-state index contributed by atoms with van der Waals surface area (Å²) in [5.74, 6) is 1.26. The van der Waals surface area contributed by atoms with Gasteiger partial charge in [0.05, 0.1) is 17.0 Å². The highest BCUT2D eigenvalue weighted by Gasteiger charge is 2.21. The maximum absolute atomic E-state index is 6.04. The minimum atomic E-state index is 0.182. The summed E-state index contributed by atoms with van der Waals surface area (Å²) >= 11 is 1.81. The lowest BCUT2D eigenvalue weighted by Crippen LogP contribution is -2.17. The van der Waals surface area contributed by atoms with Crippen LogP contribution < -0.4 is 5.73 Å². The molecule has 1 unspecified atom stereocenters. The minimum absolute atomic E-state index is 0.182. The van der Waals surface area contributed by atoms with Crippen molar-refractivity contribution < 1.29 is 0 Å². The van der Waals surface area contributed by atoms with Crippen molar-refractivity contribution in [3.8, 4) is 0 Å². The topological polar surface area (TPSA) is 43.8 Å². The van der Waals surface area contributed by atoms with Gasteiger partial charge in [0.15, 0.2) is 0 Å². The number of thiophene rings is 1. The van der Waals surface area contributed by atoms with E-state index in [0.29, 0.717) is 6.54 Å². The summed E-state index contributed by atoms with van der Waals surface area (Å²) in [7, 11) is 0. The van der Waals surface area contributed by atoms with Crippen molar-refractivity contribution in [2.24, 2.45) is 5.73 Å². The van der Waals surface area contributed by atoms with E-state index in [1.54, 1.807) is 0 Å². The number of rotatable bonds is 4. The van der Waals surface area contributed by atoms with E-state index in [9.17, 15) is 0 Å². The Morgan fingerprint density at radius 3 is 2.70 bits per heavy atom. The largest absolute Gasteiger partial charge is 0.329 e. The SMILES string of the molecule is CCn1c(C(CN)c2ccc(C)s2)nc2ccccc21. The second kappa shape index (κ2) is 5.38. The molecule has 104 valence electrons. The molecule has 2 heterocycles. The monoisotopic (exact) mass is 285 g/mol. The molecule has 0 bridgehead atoms. The Labute approximate surface area is 123 Å². The van der Waals surface area contributed by atoms with E-state index >= 15 is 0 Å². The molecule has 20 heavy (non-hydrogen) atoms. The summed E-state index contributed by atoms with van der Waals surface area (Å²) in [6, 6.07) is 12.6. The Balaban J connectivity index is 2.16. The molecule has 0 fully saturated rings. The molecule has 0 aliphatic rings. The summed E-state index contributed by atoms with van der Waals surface area (Å²) in [5.41, 5.74) is 8.29. The van der Waals surface area contributed by atoms with E-state index in [4.69, 9.17) is 10.7 Å². The summed E-state index contributed by atoms with van der Waals surface area (Å²) in [6.45, 7) is 5.79. The molecular formula is C16H19N3S. The highest BCUT2D eigenvalue weighted by molar-refractivity contribution is 7.12. The number of imidazole rings is 1. The third kappa shape index (κ3) is 2.15. The van der Waals surface area contributed by atoms with Crippen LogP contribution in [-0.4, -0.2) is 16.1 Å². The van der Waals surface area contributed by atoms with E-state index in [1.165, 1.54) is 15.3 Å². The summed E-state index contributed by atoms with van der Waals surface area (Å²) in [6.07, 6.45) is 0. The van der Waals surface area contributed by atoms with E-state index < -0.39 is 0 Å². The quantitative estimate of drug-likeness (QED) is 0.797. The van der Waals surface area contributed by atoms with Crippen LogP contribution in [0.2, 0.25) is 0 Å². The molecule has 0 aliphatic carbocycles. The molecule has 0 saturated heterocycles. The molecule has 2 N–H and O–H groups in total. The van der Waals surface area contributed by atoms with Crippen molar-refractivity contribution in [1.82, 2.24) is 9.55 Å². The molecule has 3 aromatic rings. The van der Waals surface area contributed by atoms with Crippen LogP contribution in [0.25, 0.3) is 11.0 Å². The zero-order chi connectivity index (χ0) is 14.1. The van der Waals surface area contributed by atoms with Crippen LogP contribution in [0.15, 0.2) is 36.4 Å². The van der Waals surface area contributed by atoms with Crippen LogP contribution in [0.3, 0.4) is 0 Å². The van der Waals surface area contributed by atoms with Crippen LogP contribution in [0, 0.1) is 6.92 Å². The summed E-state index contributed by atoms with van der Waals surface area (Å²) < 4.78 is 2.28. The zero-order valence-electron chi connectivity index (χ0n) is 11.8. The van der Waals surface area contributed by atoms with Crippen LogP contribution in [0.4, 0.5) is 0 Å². The predicted molar refractivity (Wildman–Crippen MR) is 85.4 cm³/mol. The number of aromatic nitrogens is 2. The second-order valence-corrected chi connectivity index (χ2v) is 6.26. The standard InChI is InChI=1S/C16H19N3S/c1-3-19-14-7-5-4-6-13(14)18-16(19)12(10-17)15-9-8-11(2)20-15/h4-9,12H,3,10,17H2,1-2H3. The van der Waals surface area contributed by atoms with Gasteiger partial charge < -0.3 is 10.3 Å². The third-order valence-electron chi connectivity index (χ3n) is 3.65. The van der Waals surface area contributed by atoms with Gasteiger partial charge in [-0.1, -0.05) is 12.1 Å². The first-order valence-electron chi connectivity index (χ1n) is 6.96. The van der Waals surface area contributed by atoms with E-state index in [0.717, 1.165) is 17.9 Å². The van der Waals surface area contributed by atoms with Gasteiger partial charge in [-0.3, -0.25) is 0 Å². The Bertz CT molecular complexity index is 726. The van der Waals surface area contributed by atoms with Gasteiger partial charge in [-0.15, -0.1) is 11.3 Å². The first-order chi connectivity index (χ1) is 9.74. The third-order valence-corrected chi connectivity index (χ3v) is 4.77. The normalized spacial score (nSPS) is 12.9. The van der Waals surface area contributed by atoms with Gasteiger partial charge in [-0.2, -0.15) is 0 Å². The maximum Gasteiger partial charge on any atom is 0.119 e. The molecule has 3 rings (SSSR count). The van der Waals surface area contributed by atoms with Gasteiger partial charge in [0.25, 0.3) is 0 Å². The van der Waals surface area contributed by atoms with Gasteiger partial charge in [0.1, 0.15) is 5.82 Å². The lowest BCUT2D eigenvalue weighted by molar-refractivity contribution is 0.666. The second-order valence-electron chi connectivity index (χ2n) is 4.94. The Morgan fingerprint density at radius 2 is 2.05 bits per heavy atom. The first kappa shape index (κ1) is 13.3. The summed E-state index contributed by atoms with van der Waals surface area (Å²) in [5, 5.41) is 0. The van der Waals surface area contributed by atoms with Gasteiger partial charge in [-0.05, 0) is 38.1 Å². The van der Waals surface area contributed by atoms with Crippen LogP contribution in [0.5, 0.6) is 0 Å². The molecule has 0 saturated carbocycles. The molecule has 0 radical (unpaired) electrons. The number of para-hydroxylation sites is 2. The molecule has 0 aliphatic heterocycles. The lowest BCUT2D eigenvalue weighted by atomic mass is 10.1. The molecule has 4 heteroatoms. The van der Waals surface area contributed by atoms with E-state index in [1.807, 2.05) is 17.4 Å². The van der Waals surface area contributed by atoms with Gasteiger partial charge >= 0.3 is 0 Å². The zero-order valence-corrected chi connectivity index (χ0v) is 12.7. The van der Waals surface area contributed by atoms with Crippen molar-refractivity contribution in [2.45, 2.75) is 26.3 Å². The number of hydrogen-bond donors (Lipinski definition) is 1. The molecule has 1 aromatic carbocycles. The van der Waals surface area contributed by atoms with Crippen molar-refractivity contribution in [2.75, 3.05) is 6.54 Å². The number of nitrogens with zero attached hydrogens (tertiary/aromatic N) is 2. The average molecular weight is 285 g/mol. The minimum Gasteiger partial charge on any atom is -0.329 e. The fraction of sp³-hybridized carbons (Fsp3) is 0.312. The Kier molecular flexibility index (Phi) is 3.59. The van der Waals surface area contributed by atoms with E-state index in [2.05, 4.69) is 48.7 Å². The highest BCUT2D eigenvalue weighted by atomic mass is 32.1. The van der Waals surface area contributed by atoms with Gasteiger partial charge in [0.2, 0.25) is 0 Å². The highest BCUT2D eigenvalue weighted by Crippen LogP contribution is 2.31. The predicted octanol–water partition coefficient (Wildman–Crippen LogP) is 3.52. The number of nitrogens with two attached hydrogens (primary N) is 1. The van der Waals surface area contributed by atoms with Crippen LogP contribution in [-0.2, 0) is 6.54 Å². The first-order valence-corrected chi connectivity index (χ1v) is 7.77. The van der Waals surface area contributed by atoms with Gasteiger partial charge in [0, 0.05) is 22.8 Å². The fourth-order valence-electron chi connectivity index (χ4n) is 2.68. The molecular weight excluding hydrogens is 266 g/mol. The molecule has 0 spiro atoms. The van der Waals surface area contributed by atoms with Crippen LogP contribution >= 0.6 is 11.3 Å². The maximum atomic E-state index is 6.04. The van der Waals surface area contributed by atoms with Crippen LogP contribution in [0.1, 0.15) is 28.4 Å². The fourth-order valence-corrected chi connectivity index (χ4v) is 3.67. The van der Waals surface area contributed by atoms with Crippen molar-refractivity contribution >= 4 is 22.4 Å². The Morgan fingerprint density at radius 1 is 1.25 bits per heavy atom. The van der Waals surface area contributed by atoms with E-state index in [-0.39, 0.29) is 5.92 Å². The lowest BCUT2D eigenvalue weighted by Gasteiger charge is -2.14. The molecule has 1 atom stereocenters. The van der Waals surface area contributed by atoms with Crippen molar-refractivity contribution in [3.63, 3.8) is 0 Å². The summed E-state index contributed by atoms with van der Waals surface area (Å²) in [4.78, 5) is 7.45. The number of hydrogen-bond acceptors (Lipinski definition) is 3. The Hall–Kier alpha value is -1.65. The number of aryl methyl sites for hydroxylation is 2.